The fourth-order valence-electron chi connectivity index (χ4n) is 15.1. The molecule has 0 radical (unpaired) electrons. The maximum Gasteiger partial charge on any atom is 0.127 e. The van der Waals surface area contributed by atoms with E-state index in [1.165, 1.54) is 99.3 Å². The molecule has 4 nitrogen and oxygen atoms in total. The second-order valence-electron chi connectivity index (χ2n) is 23.8. The normalized spacial score (nSPS) is 29.4. The van der Waals surface area contributed by atoms with E-state index in [0.29, 0.717) is 18.1 Å². The number of hydrogen-bond donors (Lipinski definition) is 2. The Morgan fingerprint density at radius 3 is 1.14 bits per heavy atom. The molecular weight excluding hydrogens is 771 g/mol. The van der Waals surface area contributed by atoms with E-state index >= 15 is 0 Å². The minimum atomic E-state index is -0.0934. The summed E-state index contributed by atoms with van der Waals surface area (Å²) < 4.78 is 6.37. The average Bonchev–Trinajstić information content (AvgIpc) is 3.22. The zero-order valence-electron chi connectivity index (χ0n) is 39.0. The first-order valence-corrected chi connectivity index (χ1v) is 24.7. The van der Waals surface area contributed by atoms with Gasteiger partial charge >= 0.3 is 0 Å². The Kier molecular flexibility index (Phi) is 9.62. The second kappa shape index (κ2) is 14.7. The standard InChI is InChI=1S/C59H69NO3/c1-8-63-43-27-52(46-15-11-9-13-44(46)48-23-41(56(2,3)4)25-50(54(48)61)58-29-35-17-36(30-58)19-37(18-35)31-58)60-53(28-43)47-16-12-10-14-45(47)49-24-42(57(5,6)7)26-51(55(49)62)59-32-38-20-39(33-59)22-40(21-38)34-59/h9-16,23-28,35-40,61-62H,8,17-22,29-34H2,1-7H3. The summed E-state index contributed by atoms with van der Waals surface area (Å²) in [6.45, 7) is 16.4. The molecule has 8 saturated carbocycles. The highest BCUT2D eigenvalue weighted by molar-refractivity contribution is 5.90. The van der Waals surface area contributed by atoms with Crippen LogP contribution in [0.1, 0.15) is 148 Å². The minimum absolute atomic E-state index is 0.0409. The number of aromatic hydroxyl groups is 2. The number of pyridine rings is 1. The Hall–Kier alpha value is -4.57. The second-order valence-corrected chi connectivity index (χ2v) is 23.8. The van der Waals surface area contributed by atoms with Crippen molar-refractivity contribution in [3.63, 3.8) is 0 Å². The monoisotopic (exact) mass is 840 g/mol. The third-order valence-electron chi connectivity index (χ3n) is 17.3. The van der Waals surface area contributed by atoms with Crippen LogP contribution in [0, 0.1) is 35.5 Å². The molecule has 5 aromatic rings. The van der Waals surface area contributed by atoms with E-state index in [0.717, 1.165) is 86.0 Å². The molecule has 1 heterocycles. The molecule has 2 N–H and O–H groups in total. The van der Waals surface area contributed by atoms with Gasteiger partial charge in [0, 0.05) is 45.5 Å². The van der Waals surface area contributed by atoms with Crippen LogP contribution in [0.25, 0.3) is 44.8 Å². The number of benzene rings is 4. The molecule has 0 saturated heterocycles. The fourth-order valence-corrected chi connectivity index (χ4v) is 15.1. The Balaban J connectivity index is 1.06. The molecule has 8 bridgehead atoms. The number of nitrogens with zero attached hydrogens (tertiary/aromatic N) is 1. The maximum atomic E-state index is 12.7. The van der Waals surface area contributed by atoms with Crippen LogP contribution in [-0.4, -0.2) is 21.8 Å². The highest BCUT2D eigenvalue weighted by atomic mass is 16.5. The van der Waals surface area contributed by atoms with Crippen LogP contribution in [0.15, 0.2) is 84.9 Å². The number of ether oxygens (including phenoxy) is 1. The molecule has 0 amide bonds. The van der Waals surface area contributed by atoms with E-state index < -0.39 is 0 Å². The van der Waals surface area contributed by atoms with Crippen molar-refractivity contribution in [1.29, 1.82) is 0 Å². The van der Waals surface area contributed by atoms with Crippen molar-refractivity contribution in [2.24, 2.45) is 35.5 Å². The van der Waals surface area contributed by atoms with Gasteiger partial charge in [0.1, 0.15) is 17.2 Å². The molecule has 13 rings (SSSR count). The topological polar surface area (TPSA) is 62.6 Å². The predicted octanol–water partition coefficient (Wildman–Crippen LogP) is 15.1. The van der Waals surface area contributed by atoms with E-state index in [2.05, 4.69) is 126 Å². The molecule has 4 heteroatoms. The first kappa shape index (κ1) is 41.2. The molecule has 8 fully saturated rings. The van der Waals surface area contributed by atoms with Crippen molar-refractivity contribution in [2.75, 3.05) is 6.61 Å². The van der Waals surface area contributed by atoms with E-state index in [9.17, 15) is 10.2 Å². The van der Waals surface area contributed by atoms with Crippen molar-refractivity contribution in [3.05, 3.63) is 107 Å². The van der Waals surface area contributed by atoms with E-state index in [-0.39, 0.29) is 21.7 Å². The van der Waals surface area contributed by atoms with Crippen molar-refractivity contribution >= 4 is 0 Å². The average molecular weight is 840 g/mol. The largest absolute Gasteiger partial charge is 0.507 e. The number of phenols is 2. The van der Waals surface area contributed by atoms with Gasteiger partial charge in [0.2, 0.25) is 0 Å². The molecule has 0 unspecified atom stereocenters. The quantitative estimate of drug-likeness (QED) is 0.163. The summed E-state index contributed by atoms with van der Waals surface area (Å²) in [7, 11) is 0. The van der Waals surface area contributed by atoms with E-state index in [1.54, 1.807) is 0 Å². The van der Waals surface area contributed by atoms with Crippen LogP contribution in [0.4, 0.5) is 0 Å². The number of rotatable bonds is 8. The third kappa shape index (κ3) is 7.03. The summed E-state index contributed by atoms with van der Waals surface area (Å²) in [5, 5.41) is 25.4. The molecule has 0 aliphatic heterocycles. The smallest absolute Gasteiger partial charge is 0.127 e. The molecule has 4 aromatic carbocycles. The van der Waals surface area contributed by atoms with Gasteiger partial charge in [0.05, 0.1) is 18.0 Å². The Bertz CT molecular complexity index is 2360. The highest BCUT2D eigenvalue weighted by Crippen LogP contribution is 2.64. The minimum Gasteiger partial charge on any atom is -0.507 e. The zero-order valence-corrected chi connectivity index (χ0v) is 39.0. The maximum absolute atomic E-state index is 12.7. The van der Waals surface area contributed by atoms with Crippen LogP contribution in [0.3, 0.4) is 0 Å². The number of hydrogen-bond acceptors (Lipinski definition) is 4. The Morgan fingerprint density at radius 1 is 0.492 bits per heavy atom. The third-order valence-corrected chi connectivity index (χ3v) is 17.3. The summed E-state index contributed by atoms with van der Waals surface area (Å²) in [6.07, 6.45) is 15.4. The van der Waals surface area contributed by atoms with E-state index in [4.69, 9.17) is 9.72 Å². The van der Waals surface area contributed by atoms with Crippen LogP contribution >= 0.6 is 0 Å². The first-order chi connectivity index (χ1) is 30.1. The van der Waals surface area contributed by atoms with Crippen molar-refractivity contribution in [2.45, 2.75) is 147 Å². The Labute approximate surface area is 376 Å². The zero-order chi connectivity index (χ0) is 43.6. The molecule has 0 spiro atoms. The summed E-state index contributed by atoms with van der Waals surface area (Å²) in [5.74, 6) is 6.31. The van der Waals surface area contributed by atoms with Gasteiger partial charge in [-0.3, -0.25) is 0 Å². The summed E-state index contributed by atoms with van der Waals surface area (Å²) in [6, 6.07) is 30.5. The van der Waals surface area contributed by atoms with Crippen LogP contribution in [0.5, 0.6) is 17.2 Å². The van der Waals surface area contributed by atoms with Gasteiger partial charge in [-0.1, -0.05) is 102 Å². The highest BCUT2D eigenvalue weighted by Gasteiger charge is 2.54. The molecule has 1 aromatic heterocycles. The molecule has 0 atom stereocenters. The summed E-state index contributed by atoms with van der Waals surface area (Å²) >= 11 is 0. The van der Waals surface area contributed by atoms with Crippen molar-refractivity contribution in [1.82, 2.24) is 4.98 Å². The molecule has 63 heavy (non-hydrogen) atoms. The number of aromatic nitrogens is 1. The van der Waals surface area contributed by atoms with Gasteiger partial charge in [-0.05, 0) is 176 Å². The lowest BCUT2D eigenvalue weighted by Gasteiger charge is -2.57. The summed E-state index contributed by atoms with van der Waals surface area (Å²) in [4.78, 5) is 5.54. The van der Waals surface area contributed by atoms with Crippen LogP contribution in [-0.2, 0) is 21.7 Å². The predicted molar refractivity (Wildman–Crippen MR) is 258 cm³/mol. The molecule has 328 valence electrons. The van der Waals surface area contributed by atoms with Gasteiger partial charge < -0.3 is 14.9 Å². The van der Waals surface area contributed by atoms with Crippen molar-refractivity contribution < 1.29 is 14.9 Å². The van der Waals surface area contributed by atoms with Gasteiger partial charge in [-0.25, -0.2) is 4.98 Å². The SMILES string of the molecule is CCOc1cc(-c2ccccc2-c2cc(C(C)(C)C)cc(C34CC5CC(CC(C5)C3)C4)c2O)nc(-c2ccccc2-c2cc(C(C)(C)C)cc(C34CC5CC(CC(C5)C3)C4)c2O)c1. The lowest BCUT2D eigenvalue weighted by Crippen LogP contribution is -2.48. The lowest BCUT2D eigenvalue weighted by molar-refractivity contribution is -0.00631. The molecule has 8 aliphatic carbocycles. The first-order valence-electron chi connectivity index (χ1n) is 24.7. The lowest BCUT2D eigenvalue weighted by atomic mass is 9.47. The number of phenolic OH excluding ortho intramolecular Hbond substituents is 2. The van der Waals surface area contributed by atoms with Crippen molar-refractivity contribution in [3.8, 4) is 62.0 Å². The van der Waals surface area contributed by atoms with Gasteiger partial charge in [0.25, 0.3) is 0 Å². The fraction of sp³-hybridized carbons (Fsp3) is 0.508. The van der Waals surface area contributed by atoms with Gasteiger partial charge in [0.15, 0.2) is 0 Å². The van der Waals surface area contributed by atoms with Gasteiger partial charge in [-0.15, -0.1) is 0 Å². The van der Waals surface area contributed by atoms with Crippen LogP contribution in [0.2, 0.25) is 0 Å². The molecule has 8 aliphatic rings. The molecular formula is C59H69NO3. The van der Waals surface area contributed by atoms with E-state index in [1.807, 2.05) is 6.92 Å². The Morgan fingerprint density at radius 2 is 0.825 bits per heavy atom. The van der Waals surface area contributed by atoms with Gasteiger partial charge in [-0.2, -0.15) is 0 Å². The van der Waals surface area contributed by atoms with Crippen LogP contribution < -0.4 is 4.74 Å². The summed E-state index contributed by atoms with van der Waals surface area (Å²) in [5.41, 5.74) is 12.1.